The fourth-order valence-corrected chi connectivity index (χ4v) is 5.49. The number of hydrogen-bond acceptors (Lipinski definition) is 6. The van der Waals surface area contributed by atoms with Gasteiger partial charge in [0.25, 0.3) is 5.91 Å². The lowest BCUT2D eigenvalue weighted by Gasteiger charge is -2.49. The molecule has 10 nitrogen and oxygen atoms in total. The van der Waals surface area contributed by atoms with Crippen molar-refractivity contribution in [1.29, 1.82) is 0 Å². The predicted octanol–water partition coefficient (Wildman–Crippen LogP) is 2.79. The van der Waals surface area contributed by atoms with E-state index in [2.05, 4.69) is 10.6 Å². The van der Waals surface area contributed by atoms with Gasteiger partial charge < -0.3 is 26.0 Å². The minimum atomic E-state index is -1.12. The van der Waals surface area contributed by atoms with Crippen LogP contribution in [0, 0.1) is 5.92 Å². The van der Waals surface area contributed by atoms with Gasteiger partial charge in [-0.25, -0.2) is 4.79 Å². The Morgan fingerprint density at radius 3 is 2.23 bits per heavy atom. The Kier molecular flexibility index (Phi) is 10.1. The van der Waals surface area contributed by atoms with E-state index in [4.69, 9.17) is 10.5 Å². The first-order valence-electron chi connectivity index (χ1n) is 13.9. The number of benzene rings is 1. The van der Waals surface area contributed by atoms with Gasteiger partial charge in [0, 0.05) is 12.5 Å². The zero-order valence-corrected chi connectivity index (χ0v) is 23.4. The smallest absolute Gasteiger partial charge is 0.408 e. The number of ether oxygens (including phenoxy) is 1. The monoisotopic (exact) mass is 542 g/mol. The molecule has 1 aromatic rings. The first-order chi connectivity index (χ1) is 18.4. The maximum Gasteiger partial charge on any atom is 0.408 e. The minimum Gasteiger partial charge on any atom is -0.444 e. The second-order valence-electron chi connectivity index (χ2n) is 11.6. The van der Waals surface area contributed by atoms with Crippen LogP contribution in [0.2, 0.25) is 0 Å². The van der Waals surface area contributed by atoms with Gasteiger partial charge in [0.15, 0.2) is 0 Å². The summed E-state index contributed by atoms with van der Waals surface area (Å²) in [6.07, 6.45) is 4.65. The van der Waals surface area contributed by atoms with E-state index in [0.29, 0.717) is 6.42 Å². The van der Waals surface area contributed by atoms with E-state index in [9.17, 15) is 24.0 Å². The Balaban J connectivity index is 1.88. The molecule has 4 N–H and O–H groups in total. The first-order valence-corrected chi connectivity index (χ1v) is 13.9. The fraction of sp³-hybridized carbons (Fsp3) is 0.621. The molecule has 0 aromatic heterocycles. The molecule has 1 saturated heterocycles. The summed E-state index contributed by atoms with van der Waals surface area (Å²) < 4.78 is 5.45. The Hall–Kier alpha value is -3.43. The lowest BCUT2D eigenvalue weighted by Crippen LogP contribution is -2.68. The molecule has 1 aromatic carbocycles. The second-order valence-corrected chi connectivity index (χ2v) is 11.6. The normalized spacial score (nSPS) is 21.2. The predicted molar refractivity (Wildman–Crippen MR) is 145 cm³/mol. The van der Waals surface area contributed by atoms with Crippen molar-refractivity contribution in [2.75, 3.05) is 6.54 Å². The Labute approximate surface area is 230 Å². The van der Waals surface area contributed by atoms with Crippen LogP contribution in [-0.4, -0.2) is 64.8 Å². The Morgan fingerprint density at radius 2 is 1.67 bits per heavy atom. The highest BCUT2D eigenvalue weighted by Gasteiger charge is 2.50. The summed E-state index contributed by atoms with van der Waals surface area (Å²) in [6, 6.07) is 6.55. The fourth-order valence-electron chi connectivity index (χ4n) is 5.49. The molecule has 1 aliphatic heterocycles. The van der Waals surface area contributed by atoms with Gasteiger partial charge in [0.05, 0.1) is 6.04 Å². The van der Waals surface area contributed by atoms with Crippen molar-refractivity contribution in [3.8, 4) is 0 Å². The lowest BCUT2D eigenvalue weighted by atomic mass is 9.78. The summed E-state index contributed by atoms with van der Waals surface area (Å²) in [5, 5.41) is 5.48. The minimum absolute atomic E-state index is 0.0810. The van der Waals surface area contributed by atoms with E-state index in [1.54, 1.807) is 20.8 Å². The number of alkyl carbamates (subject to hydrolysis) is 1. The lowest BCUT2D eigenvalue weighted by molar-refractivity contribution is -0.153. The highest BCUT2D eigenvalue weighted by Crippen LogP contribution is 2.37. The van der Waals surface area contributed by atoms with Gasteiger partial charge in [0.1, 0.15) is 17.7 Å². The van der Waals surface area contributed by atoms with Crippen LogP contribution in [0.4, 0.5) is 4.79 Å². The summed E-state index contributed by atoms with van der Waals surface area (Å²) in [6.45, 7) is 7.37. The maximum atomic E-state index is 14.0. The summed E-state index contributed by atoms with van der Waals surface area (Å²) in [5.74, 6) is -3.26. The molecule has 3 rings (SSSR count). The van der Waals surface area contributed by atoms with Crippen molar-refractivity contribution >= 4 is 29.6 Å². The number of ketones is 1. The topological polar surface area (TPSA) is 148 Å². The molecule has 0 bridgehead atoms. The van der Waals surface area contributed by atoms with Crippen LogP contribution >= 0.6 is 0 Å². The third kappa shape index (κ3) is 7.80. The van der Waals surface area contributed by atoms with Crippen molar-refractivity contribution < 1.29 is 28.7 Å². The van der Waals surface area contributed by atoms with Gasteiger partial charge in [-0.1, -0.05) is 62.9 Å². The van der Waals surface area contributed by atoms with Crippen LogP contribution in [0.3, 0.4) is 0 Å². The number of nitrogens with one attached hydrogen (secondary N) is 2. The molecule has 1 heterocycles. The molecular formula is C29H42N4O6. The van der Waals surface area contributed by atoms with Crippen LogP contribution in [0.5, 0.6) is 0 Å². The summed E-state index contributed by atoms with van der Waals surface area (Å²) >= 11 is 0. The standard InChI is InChI=1S/C29H42N4O6/c1-5-12-21(24(34)25(30)35)31-26(36)23-20(18-13-8-6-9-14-18)17-33(23)27(37)22(19-15-10-7-11-16-19)32-28(38)39-29(2,3)4/h6,8-9,13-14,19-23H,5,7,10-12,15-17H2,1-4H3,(H2,30,35)(H,31,36)(H,32,38)/t20?,21?,22?,23-/m0/s1. The molecule has 4 atom stereocenters. The third-order valence-corrected chi connectivity index (χ3v) is 7.40. The number of nitrogens with zero attached hydrogens (tertiary/aromatic N) is 1. The number of rotatable bonds is 10. The van der Waals surface area contributed by atoms with E-state index in [1.165, 1.54) is 4.90 Å². The Morgan fingerprint density at radius 1 is 1.03 bits per heavy atom. The average Bonchev–Trinajstić information content (AvgIpc) is 2.86. The largest absolute Gasteiger partial charge is 0.444 e. The van der Waals surface area contributed by atoms with Gasteiger partial charge >= 0.3 is 6.09 Å². The highest BCUT2D eigenvalue weighted by atomic mass is 16.6. The highest BCUT2D eigenvalue weighted by molar-refractivity contribution is 6.37. The molecule has 1 saturated carbocycles. The average molecular weight is 543 g/mol. The number of nitrogens with two attached hydrogens (primary N) is 1. The SMILES string of the molecule is CCCC(NC(=O)[C@@H]1C(c2ccccc2)CN1C(=O)C(NC(=O)OC(C)(C)C)C1CCCCC1)C(=O)C(N)=O. The van der Waals surface area contributed by atoms with Crippen molar-refractivity contribution in [3.63, 3.8) is 0 Å². The number of Topliss-reactive ketones (excluding diaryl/α,β-unsaturated/α-hetero) is 1. The van der Waals surface area contributed by atoms with Crippen LogP contribution in [0.1, 0.15) is 84.1 Å². The van der Waals surface area contributed by atoms with E-state index in [-0.39, 0.29) is 30.7 Å². The molecule has 2 fully saturated rings. The molecule has 2 aliphatic rings. The van der Waals surface area contributed by atoms with E-state index < -0.39 is 47.4 Å². The van der Waals surface area contributed by atoms with Gasteiger partial charge in [-0.2, -0.15) is 0 Å². The molecule has 1 aliphatic carbocycles. The number of primary amides is 1. The third-order valence-electron chi connectivity index (χ3n) is 7.40. The number of hydrogen-bond donors (Lipinski definition) is 3. The van der Waals surface area contributed by atoms with Crippen molar-refractivity contribution in [1.82, 2.24) is 15.5 Å². The molecule has 4 amide bonds. The van der Waals surface area contributed by atoms with Crippen LogP contribution in [0.15, 0.2) is 30.3 Å². The molecule has 214 valence electrons. The summed E-state index contributed by atoms with van der Waals surface area (Å²) in [4.78, 5) is 65.8. The summed E-state index contributed by atoms with van der Waals surface area (Å²) in [7, 11) is 0. The quantitative estimate of drug-likeness (QED) is 0.387. The van der Waals surface area contributed by atoms with Crippen molar-refractivity contribution in [2.45, 2.75) is 102 Å². The number of amides is 4. The van der Waals surface area contributed by atoms with Crippen LogP contribution in [0.25, 0.3) is 0 Å². The van der Waals surface area contributed by atoms with E-state index in [0.717, 1.165) is 37.7 Å². The van der Waals surface area contributed by atoms with Gasteiger partial charge in [0.2, 0.25) is 17.6 Å². The number of carbonyl (C=O) groups is 5. The van der Waals surface area contributed by atoms with Gasteiger partial charge in [-0.3, -0.25) is 19.2 Å². The maximum absolute atomic E-state index is 14.0. The van der Waals surface area contributed by atoms with Crippen LogP contribution < -0.4 is 16.4 Å². The van der Waals surface area contributed by atoms with Gasteiger partial charge in [-0.05, 0) is 51.5 Å². The summed E-state index contributed by atoms with van der Waals surface area (Å²) in [5.41, 5.74) is 5.36. The molecular weight excluding hydrogens is 500 g/mol. The molecule has 10 heteroatoms. The second kappa shape index (κ2) is 13.1. The van der Waals surface area contributed by atoms with E-state index in [1.807, 2.05) is 37.3 Å². The molecule has 39 heavy (non-hydrogen) atoms. The Bertz CT molecular complexity index is 1050. The first kappa shape index (κ1) is 30.1. The number of likely N-dealkylation sites (tertiary alicyclic amines) is 1. The van der Waals surface area contributed by atoms with Crippen molar-refractivity contribution in [2.24, 2.45) is 11.7 Å². The zero-order chi connectivity index (χ0) is 28.7. The number of carbonyl (C=O) groups excluding carboxylic acids is 5. The zero-order valence-electron chi connectivity index (χ0n) is 23.4. The van der Waals surface area contributed by atoms with Gasteiger partial charge in [-0.15, -0.1) is 0 Å². The van der Waals surface area contributed by atoms with Crippen LogP contribution in [-0.2, 0) is 23.9 Å². The molecule has 0 spiro atoms. The van der Waals surface area contributed by atoms with E-state index >= 15 is 0 Å². The van der Waals surface area contributed by atoms with Crippen molar-refractivity contribution in [3.05, 3.63) is 35.9 Å². The molecule has 0 radical (unpaired) electrons. The molecule has 3 unspecified atom stereocenters.